The fraction of sp³-hybridized carbons (Fsp3) is 0.588. The van der Waals surface area contributed by atoms with Gasteiger partial charge in [-0.15, -0.1) is 0 Å². The van der Waals surface area contributed by atoms with E-state index >= 15 is 0 Å². The highest BCUT2D eigenvalue weighted by Gasteiger charge is 2.31. The van der Waals surface area contributed by atoms with Gasteiger partial charge in [0.25, 0.3) is 0 Å². The third-order valence-electron chi connectivity index (χ3n) is 4.84. The second-order valence-electron chi connectivity index (χ2n) is 6.07. The van der Waals surface area contributed by atoms with Gasteiger partial charge in [-0.3, -0.25) is 4.90 Å². The molecule has 1 heterocycles. The Balaban J connectivity index is 1.64. The molecule has 0 bridgehead atoms. The van der Waals surface area contributed by atoms with Gasteiger partial charge in [-0.05, 0) is 25.0 Å². The molecule has 4 nitrogen and oxygen atoms in total. The largest absolute Gasteiger partial charge is 0.391 e. The van der Waals surface area contributed by atoms with E-state index in [4.69, 9.17) is 0 Å². The zero-order valence-corrected chi connectivity index (χ0v) is 12.4. The van der Waals surface area contributed by atoms with Crippen molar-refractivity contribution in [1.82, 2.24) is 4.90 Å². The minimum atomic E-state index is -0.156. The van der Waals surface area contributed by atoms with Gasteiger partial charge in [-0.25, -0.2) is 0 Å². The molecule has 0 amide bonds. The molecule has 1 aromatic rings. The fourth-order valence-electron chi connectivity index (χ4n) is 3.66. The summed E-state index contributed by atoms with van der Waals surface area (Å²) in [5.74, 6) is 0. The van der Waals surface area contributed by atoms with Crippen molar-refractivity contribution in [2.75, 3.05) is 31.1 Å². The Hall–Kier alpha value is -1.57. The number of para-hydroxylation sites is 1. The summed E-state index contributed by atoms with van der Waals surface area (Å²) in [6.07, 6.45) is 4.31. The van der Waals surface area contributed by atoms with Crippen LogP contribution in [-0.4, -0.2) is 48.3 Å². The molecule has 4 heteroatoms. The fourth-order valence-corrected chi connectivity index (χ4v) is 3.66. The van der Waals surface area contributed by atoms with Crippen LogP contribution in [0.25, 0.3) is 0 Å². The maximum absolute atomic E-state index is 10.2. The van der Waals surface area contributed by atoms with Crippen LogP contribution in [0.1, 0.15) is 31.2 Å². The van der Waals surface area contributed by atoms with E-state index in [0.29, 0.717) is 6.04 Å². The highest BCUT2D eigenvalue weighted by molar-refractivity contribution is 5.59. The standard InChI is InChI=1S/C17H23N3O/c18-13-14-5-1-2-6-15(14)19-9-11-20(12-10-19)16-7-3-4-8-17(16)21/h1-2,5-6,16-17,21H,3-4,7-12H2. The average molecular weight is 285 g/mol. The maximum Gasteiger partial charge on any atom is 0.101 e. The predicted octanol–water partition coefficient (Wildman–Crippen LogP) is 1.98. The molecule has 0 spiro atoms. The maximum atomic E-state index is 10.2. The van der Waals surface area contributed by atoms with Gasteiger partial charge in [-0.2, -0.15) is 5.26 Å². The number of piperazine rings is 1. The first-order chi connectivity index (χ1) is 10.3. The molecule has 0 radical (unpaired) electrons. The predicted molar refractivity (Wildman–Crippen MR) is 83.2 cm³/mol. The topological polar surface area (TPSA) is 50.5 Å². The minimum absolute atomic E-state index is 0.156. The third-order valence-corrected chi connectivity index (χ3v) is 4.84. The van der Waals surface area contributed by atoms with Crippen molar-refractivity contribution in [1.29, 1.82) is 5.26 Å². The number of nitrogens with zero attached hydrogens (tertiary/aromatic N) is 3. The lowest BCUT2D eigenvalue weighted by molar-refractivity contribution is 0.0173. The van der Waals surface area contributed by atoms with Crippen LogP contribution in [0.2, 0.25) is 0 Å². The molecule has 1 N–H and O–H groups in total. The summed E-state index contributed by atoms with van der Waals surface area (Å²) in [4.78, 5) is 4.74. The molecule has 112 valence electrons. The number of anilines is 1. The molecule has 2 fully saturated rings. The molecule has 2 unspecified atom stereocenters. The Morgan fingerprint density at radius 3 is 2.48 bits per heavy atom. The van der Waals surface area contributed by atoms with Gasteiger partial charge in [0, 0.05) is 32.2 Å². The number of benzene rings is 1. The quantitative estimate of drug-likeness (QED) is 0.903. The van der Waals surface area contributed by atoms with Gasteiger partial charge < -0.3 is 10.0 Å². The Bertz CT molecular complexity index is 517. The van der Waals surface area contributed by atoms with E-state index in [2.05, 4.69) is 15.9 Å². The lowest BCUT2D eigenvalue weighted by atomic mass is 9.91. The van der Waals surface area contributed by atoms with Crippen LogP contribution in [0.3, 0.4) is 0 Å². The van der Waals surface area contributed by atoms with Gasteiger partial charge in [0.05, 0.1) is 17.4 Å². The van der Waals surface area contributed by atoms with Crippen LogP contribution in [0.4, 0.5) is 5.69 Å². The zero-order chi connectivity index (χ0) is 14.7. The summed E-state index contributed by atoms with van der Waals surface area (Å²) < 4.78 is 0. The summed E-state index contributed by atoms with van der Waals surface area (Å²) >= 11 is 0. The summed E-state index contributed by atoms with van der Waals surface area (Å²) in [6.45, 7) is 3.81. The van der Waals surface area contributed by atoms with E-state index in [1.54, 1.807) is 0 Å². The van der Waals surface area contributed by atoms with Crippen molar-refractivity contribution in [2.45, 2.75) is 37.8 Å². The number of nitriles is 1. The molecule has 1 aliphatic heterocycles. The van der Waals surface area contributed by atoms with Gasteiger partial charge in [0.2, 0.25) is 0 Å². The minimum Gasteiger partial charge on any atom is -0.391 e. The molecule has 21 heavy (non-hydrogen) atoms. The van der Waals surface area contributed by atoms with Crippen LogP contribution < -0.4 is 4.90 Å². The van der Waals surface area contributed by atoms with Gasteiger partial charge in [-0.1, -0.05) is 25.0 Å². The first kappa shape index (κ1) is 14.4. The third kappa shape index (κ3) is 3.04. The van der Waals surface area contributed by atoms with E-state index in [-0.39, 0.29) is 6.10 Å². The Morgan fingerprint density at radius 1 is 1.05 bits per heavy atom. The highest BCUT2D eigenvalue weighted by Crippen LogP contribution is 2.26. The lowest BCUT2D eigenvalue weighted by Crippen LogP contribution is -2.54. The molecule has 1 aromatic carbocycles. The molecule has 0 aromatic heterocycles. The van der Waals surface area contributed by atoms with Gasteiger partial charge in [0.1, 0.15) is 6.07 Å². The second-order valence-corrected chi connectivity index (χ2v) is 6.07. The lowest BCUT2D eigenvalue weighted by Gasteiger charge is -2.43. The van der Waals surface area contributed by atoms with Crippen molar-refractivity contribution in [3.05, 3.63) is 29.8 Å². The Morgan fingerprint density at radius 2 is 1.76 bits per heavy atom. The van der Waals surface area contributed by atoms with Crippen LogP contribution >= 0.6 is 0 Å². The number of rotatable bonds is 2. The number of hydrogen-bond acceptors (Lipinski definition) is 4. The van der Waals surface area contributed by atoms with E-state index in [1.807, 2.05) is 24.3 Å². The van der Waals surface area contributed by atoms with E-state index < -0.39 is 0 Å². The van der Waals surface area contributed by atoms with E-state index in [1.165, 1.54) is 6.42 Å². The van der Waals surface area contributed by atoms with Gasteiger partial charge in [0.15, 0.2) is 0 Å². The number of aliphatic hydroxyl groups excluding tert-OH is 1. The average Bonchev–Trinajstić information content (AvgIpc) is 2.55. The van der Waals surface area contributed by atoms with Gasteiger partial charge >= 0.3 is 0 Å². The molecular weight excluding hydrogens is 262 g/mol. The zero-order valence-electron chi connectivity index (χ0n) is 12.4. The second kappa shape index (κ2) is 6.46. The highest BCUT2D eigenvalue weighted by atomic mass is 16.3. The summed E-state index contributed by atoms with van der Waals surface area (Å²) in [5, 5.41) is 19.4. The van der Waals surface area contributed by atoms with E-state index in [9.17, 15) is 10.4 Å². The van der Waals surface area contributed by atoms with Crippen LogP contribution in [0, 0.1) is 11.3 Å². The first-order valence-corrected chi connectivity index (χ1v) is 7.96. The molecular formula is C17H23N3O. The van der Waals surface area contributed by atoms with E-state index in [0.717, 1.165) is 56.7 Å². The summed E-state index contributed by atoms with van der Waals surface area (Å²) in [6, 6.07) is 10.4. The van der Waals surface area contributed by atoms with Crippen LogP contribution in [-0.2, 0) is 0 Å². The molecule has 2 aliphatic rings. The monoisotopic (exact) mass is 285 g/mol. The smallest absolute Gasteiger partial charge is 0.101 e. The van der Waals surface area contributed by atoms with Crippen molar-refractivity contribution in [2.24, 2.45) is 0 Å². The normalized spacial score (nSPS) is 27.3. The van der Waals surface area contributed by atoms with Crippen molar-refractivity contribution >= 4 is 5.69 Å². The SMILES string of the molecule is N#Cc1ccccc1N1CCN(C2CCCCC2O)CC1. The van der Waals surface area contributed by atoms with Crippen molar-refractivity contribution in [3.8, 4) is 6.07 Å². The number of hydrogen-bond donors (Lipinski definition) is 1. The van der Waals surface area contributed by atoms with Crippen LogP contribution in [0.5, 0.6) is 0 Å². The Kier molecular flexibility index (Phi) is 4.42. The molecule has 2 atom stereocenters. The molecule has 1 saturated carbocycles. The van der Waals surface area contributed by atoms with Crippen LogP contribution in [0.15, 0.2) is 24.3 Å². The van der Waals surface area contributed by atoms with Crippen molar-refractivity contribution in [3.63, 3.8) is 0 Å². The molecule has 1 aliphatic carbocycles. The first-order valence-electron chi connectivity index (χ1n) is 7.96. The number of aliphatic hydroxyl groups is 1. The molecule has 3 rings (SSSR count). The Labute approximate surface area is 126 Å². The summed E-state index contributed by atoms with van der Waals surface area (Å²) in [5.41, 5.74) is 1.80. The van der Waals surface area contributed by atoms with Crippen molar-refractivity contribution < 1.29 is 5.11 Å². The summed E-state index contributed by atoms with van der Waals surface area (Å²) in [7, 11) is 0. The molecule has 1 saturated heterocycles.